The first-order valence-electron chi connectivity index (χ1n) is 5.03. The molecule has 0 atom stereocenters. The third-order valence-electron chi connectivity index (χ3n) is 2.17. The summed E-state index contributed by atoms with van der Waals surface area (Å²) in [5.41, 5.74) is 1.58. The highest BCUT2D eigenvalue weighted by atomic mass is 16.1. The number of hydrogen-bond acceptors (Lipinski definition) is 3. The molecule has 0 unspecified atom stereocenters. The van der Waals surface area contributed by atoms with Gasteiger partial charge < -0.3 is 5.32 Å². The minimum absolute atomic E-state index is 0.138. The van der Waals surface area contributed by atoms with Gasteiger partial charge >= 0.3 is 0 Å². The summed E-state index contributed by atoms with van der Waals surface area (Å²) in [5, 5.41) is 9.12. The van der Waals surface area contributed by atoms with Crippen molar-refractivity contribution in [2.45, 2.75) is 6.42 Å². The lowest BCUT2D eigenvalue weighted by Crippen LogP contribution is -2.26. The van der Waals surface area contributed by atoms with E-state index in [9.17, 15) is 4.79 Å². The second kappa shape index (κ2) is 5.06. The maximum atomic E-state index is 11.5. The van der Waals surface area contributed by atoms with Crippen molar-refractivity contribution in [2.75, 3.05) is 6.54 Å². The molecular formula is C11H12N4O. The molecule has 16 heavy (non-hydrogen) atoms. The van der Waals surface area contributed by atoms with Crippen LogP contribution in [0.3, 0.4) is 0 Å². The third kappa shape index (κ3) is 2.66. The Morgan fingerprint density at radius 3 is 3.00 bits per heavy atom. The number of H-pyrrole nitrogens is 1. The van der Waals surface area contributed by atoms with E-state index in [-0.39, 0.29) is 5.91 Å². The molecule has 5 nitrogen and oxygen atoms in total. The topological polar surface area (TPSA) is 70.7 Å². The van der Waals surface area contributed by atoms with Crippen molar-refractivity contribution in [3.05, 3.63) is 48.0 Å². The van der Waals surface area contributed by atoms with Gasteiger partial charge in [-0.1, -0.05) is 6.07 Å². The average molecular weight is 216 g/mol. The molecule has 0 spiro atoms. The zero-order valence-corrected chi connectivity index (χ0v) is 8.68. The molecule has 2 heterocycles. The molecule has 2 rings (SSSR count). The van der Waals surface area contributed by atoms with Crippen LogP contribution in [-0.2, 0) is 6.42 Å². The highest BCUT2D eigenvalue weighted by Crippen LogP contribution is 1.96. The van der Waals surface area contributed by atoms with E-state index in [1.165, 1.54) is 0 Å². The van der Waals surface area contributed by atoms with Crippen LogP contribution in [0.2, 0.25) is 0 Å². The summed E-state index contributed by atoms with van der Waals surface area (Å²) in [6, 6.07) is 5.50. The Balaban J connectivity index is 1.79. The van der Waals surface area contributed by atoms with E-state index in [2.05, 4.69) is 20.5 Å². The summed E-state index contributed by atoms with van der Waals surface area (Å²) >= 11 is 0. The van der Waals surface area contributed by atoms with Crippen LogP contribution in [0.4, 0.5) is 0 Å². The van der Waals surface area contributed by atoms with Crippen molar-refractivity contribution in [1.29, 1.82) is 0 Å². The number of aromatic amines is 1. The van der Waals surface area contributed by atoms with Gasteiger partial charge in [0, 0.05) is 25.1 Å². The first-order chi connectivity index (χ1) is 7.86. The van der Waals surface area contributed by atoms with E-state index in [0.717, 1.165) is 12.0 Å². The monoisotopic (exact) mass is 216 g/mol. The van der Waals surface area contributed by atoms with Crippen LogP contribution in [0, 0.1) is 0 Å². The van der Waals surface area contributed by atoms with E-state index < -0.39 is 0 Å². The van der Waals surface area contributed by atoms with E-state index in [1.807, 2.05) is 12.1 Å². The van der Waals surface area contributed by atoms with Crippen LogP contribution < -0.4 is 5.32 Å². The van der Waals surface area contributed by atoms with Gasteiger partial charge in [0.05, 0.1) is 0 Å². The quantitative estimate of drug-likeness (QED) is 0.793. The number of nitrogens with one attached hydrogen (secondary N) is 2. The molecular weight excluding hydrogens is 204 g/mol. The Kier molecular flexibility index (Phi) is 3.28. The molecule has 0 fully saturated rings. The maximum absolute atomic E-state index is 11.5. The van der Waals surface area contributed by atoms with Gasteiger partial charge in [0.15, 0.2) is 0 Å². The zero-order chi connectivity index (χ0) is 11.2. The number of aromatic nitrogens is 3. The number of carbonyl (C=O) groups is 1. The number of carbonyl (C=O) groups excluding carboxylic acids is 1. The van der Waals surface area contributed by atoms with Gasteiger partial charge in [0.1, 0.15) is 5.69 Å². The van der Waals surface area contributed by atoms with Gasteiger partial charge in [0.2, 0.25) is 0 Å². The molecule has 2 N–H and O–H groups in total. The highest BCUT2D eigenvalue weighted by molar-refractivity contribution is 5.92. The fourth-order valence-electron chi connectivity index (χ4n) is 1.34. The van der Waals surface area contributed by atoms with Crippen molar-refractivity contribution in [3.63, 3.8) is 0 Å². The van der Waals surface area contributed by atoms with Crippen molar-refractivity contribution < 1.29 is 4.79 Å². The molecule has 0 aliphatic carbocycles. The smallest absolute Gasteiger partial charge is 0.269 e. The summed E-state index contributed by atoms with van der Waals surface area (Å²) in [6.45, 7) is 0.587. The average Bonchev–Trinajstić information content (AvgIpc) is 2.84. The van der Waals surface area contributed by atoms with E-state index in [0.29, 0.717) is 12.2 Å². The lowest BCUT2D eigenvalue weighted by atomic mass is 10.2. The first-order valence-corrected chi connectivity index (χ1v) is 5.03. The Morgan fingerprint density at radius 2 is 2.31 bits per heavy atom. The normalized spacial score (nSPS) is 10.0. The molecule has 5 heteroatoms. The van der Waals surface area contributed by atoms with Gasteiger partial charge in [-0.25, -0.2) is 0 Å². The van der Waals surface area contributed by atoms with Gasteiger partial charge in [-0.3, -0.25) is 14.9 Å². The van der Waals surface area contributed by atoms with Crippen LogP contribution in [0.5, 0.6) is 0 Å². The van der Waals surface area contributed by atoms with Crippen molar-refractivity contribution in [1.82, 2.24) is 20.5 Å². The minimum Gasteiger partial charge on any atom is -0.350 e. The first kappa shape index (κ1) is 10.4. The van der Waals surface area contributed by atoms with Gasteiger partial charge in [0.25, 0.3) is 5.91 Å². The maximum Gasteiger partial charge on any atom is 0.269 e. The molecule has 0 saturated carbocycles. The van der Waals surface area contributed by atoms with Gasteiger partial charge in [-0.15, -0.1) is 0 Å². The SMILES string of the molecule is O=C(NCCc1cccnc1)c1ccn[nH]1. The molecule has 0 aromatic carbocycles. The summed E-state index contributed by atoms with van der Waals surface area (Å²) in [5.74, 6) is -0.138. The second-order valence-electron chi connectivity index (χ2n) is 3.34. The molecule has 0 aliphatic heterocycles. The largest absolute Gasteiger partial charge is 0.350 e. The van der Waals surface area contributed by atoms with E-state index >= 15 is 0 Å². The van der Waals surface area contributed by atoms with E-state index in [1.54, 1.807) is 24.7 Å². The standard InChI is InChI=1S/C11H12N4O/c16-11(10-4-7-14-15-10)13-6-3-9-2-1-5-12-8-9/h1-2,4-5,7-8H,3,6H2,(H,13,16)(H,14,15). The third-order valence-corrected chi connectivity index (χ3v) is 2.17. The molecule has 0 saturated heterocycles. The molecule has 0 aliphatic rings. The highest BCUT2D eigenvalue weighted by Gasteiger charge is 2.04. The number of rotatable bonds is 4. The zero-order valence-electron chi connectivity index (χ0n) is 8.68. The fourth-order valence-corrected chi connectivity index (χ4v) is 1.34. The summed E-state index contributed by atoms with van der Waals surface area (Å²) in [6.07, 6.45) is 5.85. The molecule has 2 aromatic rings. The lowest BCUT2D eigenvalue weighted by Gasteiger charge is -2.02. The number of hydrogen-bond donors (Lipinski definition) is 2. The summed E-state index contributed by atoms with van der Waals surface area (Å²) < 4.78 is 0. The molecule has 2 aromatic heterocycles. The van der Waals surface area contributed by atoms with Crippen LogP contribution >= 0.6 is 0 Å². The van der Waals surface area contributed by atoms with Crippen molar-refractivity contribution in [2.24, 2.45) is 0 Å². The van der Waals surface area contributed by atoms with Crippen LogP contribution in [0.15, 0.2) is 36.8 Å². The number of nitrogens with zero attached hydrogens (tertiary/aromatic N) is 2. The minimum atomic E-state index is -0.138. The number of pyridine rings is 1. The van der Waals surface area contributed by atoms with Crippen LogP contribution in [0.25, 0.3) is 0 Å². The predicted octanol–water partition coefficient (Wildman–Crippen LogP) is 0.777. The van der Waals surface area contributed by atoms with Gasteiger partial charge in [-0.2, -0.15) is 5.10 Å². The Hall–Kier alpha value is -2.17. The molecule has 0 radical (unpaired) electrons. The Morgan fingerprint density at radius 1 is 1.38 bits per heavy atom. The predicted molar refractivity (Wildman–Crippen MR) is 58.9 cm³/mol. The van der Waals surface area contributed by atoms with Crippen LogP contribution in [0.1, 0.15) is 16.1 Å². The Bertz CT molecular complexity index is 438. The lowest BCUT2D eigenvalue weighted by molar-refractivity contribution is 0.0949. The van der Waals surface area contributed by atoms with Crippen molar-refractivity contribution >= 4 is 5.91 Å². The Labute approximate surface area is 92.9 Å². The molecule has 0 bridgehead atoms. The van der Waals surface area contributed by atoms with E-state index in [4.69, 9.17) is 0 Å². The van der Waals surface area contributed by atoms with Gasteiger partial charge in [-0.05, 0) is 24.1 Å². The summed E-state index contributed by atoms with van der Waals surface area (Å²) in [4.78, 5) is 15.5. The fraction of sp³-hybridized carbons (Fsp3) is 0.182. The number of amides is 1. The molecule has 1 amide bonds. The van der Waals surface area contributed by atoms with Crippen LogP contribution in [-0.4, -0.2) is 27.6 Å². The molecule has 82 valence electrons. The van der Waals surface area contributed by atoms with Crippen molar-refractivity contribution in [3.8, 4) is 0 Å². The summed E-state index contributed by atoms with van der Waals surface area (Å²) in [7, 11) is 0. The second-order valence-corrected chi connectivity index (χ2v) is 3.34.